The Morgan fingerprint density at radius 1 is 1.40 bits per heavy atom. The fourth-order valence-corrected chi connectivity index (χ4v) is 1.48. The molecule has 0 unspecified atom stereocenters. The summed E-state index contributed by atoms with van der Waals surface area (Å²) < 4.78 is 13.7. The maximum atomic E-state index is 13.7. The topological polar surface area (TPSA) is 92.4 Å². The van der Waals surface area contributed by atoms with Crippen LogP contribution in [0.3, 0.4) is 0 Å². The molecule has 0 aromatic heterocycles. The molecule has 0 atom stereocenters. The van der Waals surface area contributed by atoms with Crippen LogP contribution in [0.15, 0.2) is 18.2 Å². The second-order valence-corrected chi connectivity index (χ2v) is 3.98. The van der Waals surface area contributed by atoms with Crippen LogP contribution in [0.2, 0.25) is 0 Å². The fourth-order valence-electron chi connectivity index (χ4n) is 1.48. The molecule has 0 radical (unpaired) electrons. The third-order valence-electron chi connectivity index (χ3n) is 2.41. The average molecular weight is 278 g/mol. The van der Waals surface area contributed by atoms with E-state index in [9.17, 15) is 14.0 Å². The molecule has 0 spiro atoms. The van der Waals surface area contributed by atoms with Gasteiger partial charge in [-0.3, -0.25) is 9.59 Å². The number of nitrogens with one attached hydrogen (secondary N) is 1. The lowest BCUT2D eigenvalue weighted by molar-refractivity contribution is -0.118. The molecule has 2 amide bonds. The van der Waals surface area contributed by atoms with Crippen molar-refractivity contribution in [1.82, 2.24) is 5.32 Å². The van der Waals surface area contributed by atoms with Crippen LogP contribution in [0.5, 0.6) is 0 Å². The number of carbonyl (C=O) groups excluding carboxylic acids is 2. The number of benzene rings is 1. The summed E-state index contributed by atoms with van der Waals surface area (Å²) in [5, 5.41) is 11.0. The largest absolute Gasteiger partial charge is 0.384 e. The Labute approximate surface area is 116 Å². The van der Waals surface area contributed by atoms with E-state index in [1.54, 1.807) is 0 Å². The summed E-state index contributed by atoms with van der Waals surface area (Å²) in [6.07, 6.45) is 0.571. The highest BCUT2D eigenvalue weighted by Crippen LogP contribution is 2.09. The van der Waals surface area contributed by atoms with E-state index in [0.717, 1.165) is 6.07 Å². The summed E-state index contributed by atoms with van der Waals surface area (Å²) in [4.78, 5) is 22.2. The lowest BCUT2D eigenvalue weighted by atomic mass is 10.1. The Kier molecular flexibility index (Phi) is 6.20. The van der Waals surface area contributed by atoms with E-state index in [2.05, 4.69) is 17.2 Å². The minimum atomic E-state index is -0.692. The van der Waals surface area contributed by atoms with Crippen LogP contribution in [0.1, 0.15) is 28.8 Å². The molecule has 6 heteroatoms. The van der Waals surface area contributed by atoms with E-state index in [-0.39, 0.29) is 25.1 Å². The number of carbonyl (C=O) groups is 2. The molecule has 0 saturated heterocycles. The van der Waals surface area contributed by atoms with Crippen molar-refractivity contribution in [3.8, 4) is 11.8 Å². The lowest BCUT2D eigenvalue weighted by Gasteiger charge is -2.05. The highest BCUT2D eigenvalue weighted by Gasteiger charge is 2.11. The summed E-state index contributed by atoms with van der Waals surface area (Å²) in [5.41, 5.74) is 5.24. The van der Waals surface area contributed by atoms with Crippen LogP contribution < -0.4 is 11.1 Å². The molecule has 1 aromatic carbocycles. The monoisotopic (exact) mass is 278 g/mol. The molecular weight excluding hydrogens is 263 g/mol. The Morgan fingerprint density at radius 3 is 2.75 bits per heavy atom. The zero-order valence-electron chi connectivity index (χ0n) is 10.8. The van der Waals surface area contributed by atoms with Crippen molar-refractivity contribution in [1.29, 1.82) is 0 Å². The number of nitrogens with two attached hydrogens (primary N) is 1. The standard InChI is InChI=1S/C14H15FN2O3/c15-12-9-10(3-2-8-18)5-6-11(12)14(20)17-7-1-4-13(16)19/h5-6,9,18H,1,4,7-8H2,(H2,16,19)(H,17,20). The van der Waals surface area contributed by atoms with E-state index >= 15 is 0 Å². The maximum Gasteiger partial charge on any atom is 0.254 e. The first-order chi connectivity index (χ1) is 9.54. The van der Waals surface area contributed by atoms with Crippen molar-refractivity contribution in [3.63, 3.8) is 0 Å². The van der Waals surface area contributed by atoms with Gasteiger partial charge in [-0.1, -0.05) is 11.8 Å². The number of primary amides is 1. The molecule has 1 aromatic rings. The summed E-state index contributed by atoms with van der Waals surface area (Å²) in [6, 6.07) is 3.94. The van der Waals surface area contributed by atoms with Gasteiger partial charge in [-0.2, -0.15) is 0 Å². The van der Waals surface area contributed by atoms with Gasteiger partial charge in [0.15, 0.2) is 0 Å². The van der Waals surface area contributed by atoms with E-state index in [1.807, 2.05) is 0 Å². The number of halogens is 1. The Balaban J connectivity index is 2.62. The van der Waals surface area contributed by atoms with Crippen molar-refractivity contribution in [2.24, 2.45) is 5.73 Å². The summed E-state index contributed by atoms with van der Waals surface area (Å²) >= 11 is 0. The van der Waals surface area contributed by atoms with Gasteiger partial charge >= 0.3 is 0 Å². The molecule has 0 fully saturated rings. The van der Waals surface area contributed by atoms with E-state index < -0.39 is 17.6 Å². The molecule has 0 bridgehead atoms. The van der Waals surface area contributed by atoms with Crippen molar-refractivity contribution in [2.75, 3.05) is 13.2 Å². The normalized spacial score (nSPS) is 9.50. The molecule has 0 aliphatic heterocycles. The first kappa shape index (κ1) is 15.7. The Hall–Kier alpha value is -2.39. The van der Waals surface area contributed by atoms with Crippen molar-refractivity contribution >= 4 is 11.8 Å². The number of aliphatic hydroxyl groups excluding tert-OH is 1. The molecule has 0 saturated carbocycles. The van der Waals surface area contributed by atoms with Crippen molar-refractivity contribution in [3.05, 3.63) is 35.1 Å². The molecule has 0 heterocycles. The predicted octanol–water partition coefficient (Wildman–Crippen LogP) is 0.165. The SMILES string of the molecule is NC(=O)CCCNC(=O)c1ccc(C#CCO)cc1F. The molecule has 106 valence electrons. The molecule has 0 aliphatic carbocycles. The number of hydrogen-bond donors (Lipinski definition) is 3. The quantitative estimate of drug-likeness (QED) is 0.529. The van der Waals surface area contributed by atoms with Crippen LogP contribution in [-0.2, 0) is 4.79 Å². The van der Waals surface area contributed by atoms with Gasteiger partial charge < -0.3 is 16.2 Å². The van der Waals surface area contributed by atoms with E-state index in [1.165, 1.54) is 12.1 Å². The molecule has 0 aliphatic rings. The van der Waals surface area contributed by atoms with Crippen molar-refractivity contribution < 1.29 is 19.1 Å². The summed E-state index contributed by atoms with van der Waals surface area (Å²) in [5.74, 6) is 3.23. The number of hydrogen-bond acceptors (Lipinski definition) is 3. The van der Waals surface area contributed by atoms with Gasteiger partial charge in [-0.05, 0) is 24.6 Å². The van der Waals surface area contributed by atoms with E-state index in [4.69, 9.17) is 10.8 Å². The lowest BCUT2D eigenvalue weighted by Crippen LogP contribution is -2.26. The molecule has 5 nitrogen and oxygen atoms in total. The van der Waals surface area contributed by atoms with Crippen LogP contribution in [0.25, 0.3) is 0 Å². The highest BCUT2D eigenvalue weighted by molar-refractivity contribution is 5.94. The average Bonchev–Trinajstić information content (AvgIpc) is 2.41. The molecular formula is C14H15FN2O3. The minimum absolute atomic E-state index is 0.0985. The first-order valence-corrected chi connectivity index (χ1v) is 6.00. The van der Waals surface area contributed by atoms with Crippen LogP contribution >= 0.6 is 0 Å². The highest BCUT2D eigenvalue weighted by atomic mass is 19.1. The first-order valence-electron chi connectivity index (χ1n) is 6.00. The second-order valence-electron chi connectivity index (χ2n) is 3.98. The molecule has 20 heavy (non-hydrogen) atoms. The number of amides is 2. The van der Waals surface area contributed by atoms with Crippen LogP contribution in [-0.4, -0.2) is 30.1 Å². The predicted molar refractivity (Wildman–Crippen MR) is 71.1 cm³/mol. The summed E-state index contributed by atoms with van der Waals surface area (Å²) in [6.45, 7) is -0.0724. The van der Waals surface area contributed by atoms with Crippen LogP contribution in [0.4, 0.5) is 4.39 Å². The minimum Gasteiger partial charge on any atom is -0.384 e. The third kappa shape index (κ3) is 5.08. The fraction of sp³-hybridized carbons (Fsp3) is 0.286. The zero-order valence-corrected chi connectivity index (χ0v) is 10.8. The second kappa shape index (κ2) is 7.92. The van der Waals surface area contributed by atoms with E-state index in [0.29, 0.717) is 12.0 Å². The smallest absolute Gasteiger partial charge is 0.254 e. The number of aliphatic hydroxyl groups is 1. The Morgan fingerprint density at radius 2 is 2.15 bits per heavy atom. The van der Waals surface area contributed by atoms with Gasteiger partial charge in [0.25, 0.3) is 5.91 Å². The molecule has 1 rings (SSSR count). The van der Waals surface area contributed by atoms with Gasteiger partial charge in [0.1, 0.15) is 12.4 Å². The third-order valence-corrected chi connectivity index (χ3v) is 2.41. The summed E-state index contributed by atoms with van der Waals surface area (Å²) in [7, 11) is 0. The van der Waals surface area contributed by atoms with Gasteiger partial charge in [0.05, 0.1) is 5.56 Å². The van der Waals surface area contributed by atoms with Gasteiger partial charge in [-0.15, -0.1) is 0 Å². The Bertz CT molecular complexity index is 561. The van der Waals surface area contributed by atoms with Crippen molar-refractivity contribution in [2.45, 2.75) is 12.8 Å². The van der Waals surface area contributed by atoms with Crippen LogP contribution in [0, 0.1) is 17.7 Å². The van der Waals surface area contributed by atoms with Gasteiger partial charge in [-0.25, -0.2) is 4.39 Å². The van der Waals surface area contributed by atoms with Gasteiger partial charge in [0, 0.05) is 18.5 Å². The maximum absolute atomic E-state index is 13.7. The van der Waals surface area contributed by atoms with Gasteiger partial charge in [0.2, 0.25) is 5.91 Å². The zero-order chi connectivity index (χ0) is 15.0. The number of rotatable bonds is 5. The molecule has 4 N–H and O–H groups in total.